The van der Waals surface area contributed by atoms with E-state index in [2.05, 4.69) is 20.8 Å². The molecule has 2 aromatic carbocycles. The molecule has 2 N–H and O–H groups in total. The van der Waals surface area contributed by atoms with Gasteiger partial charge in [0.2, 0.25) is 5.13 Å². The van der Waals surface area contributed by atoms with E-state index in [0.717, 1.165) is 17.4 Å². The lowest BCUT2D eigenvalue weighted by Gasteiger charge is -2.05. The Morgan fingerprint density at radius 3 is 2.68 bits per heavy atom. The number of nitrogens with one attached hydrogen (secondary N) is 2. The van der Waals surface area contributed by atoms with Crippen LogP contribution in [0.1, 0.15) is 25.7 Å². The highest BCUT2D eigenvalue weighted by molar-refractivity contribution is 7.15. The number of rotatable bonds is 8. The van der Waals surface area contributed by atoms with Crippen molar-refractivity contribution in [3.05, 3.63) is 73.7 Å². The summed E-state index contributed by atoms with van der Waals surface area (Å²) in [6.07, 6.45) is 0.401. The zero-order valence-corrected chi connectivity index (χ0v) is 17.7. The summed E-state index contributed by atoms with van der Waals surface area (Å²) in [7, 11) is 1.31. The predicted octanol–water partition coefficient (Wildman–Crippen LogP) is 3.33. The van der Waals surface area contributed by atoms with Crippen molar-refractivity contribution in [2.24, 2.45) is 0 Å². The number of methoxy groups -OCH3 is 1. The summed E-state index contributed by atoms with van der Waals surface area (Å²) in [6.45, 7) is 0.303. The highest BCUT2D eigenvalue weighted by Crippen LogP contribution is 2.28. The third-order valence-electron chi connectivity index (χ3n) is 4.07. The van der Waals surface area contributed by atoms with Gasteiger partial charge in [-0.3, -0.25) is 25.0 Å². The van der Waals surface area contributed by atoms with Gasteiger partial charge in [-0.05, 0) is 24.3 Å². The van der Waals surface area contributed by atoms with Crippen LogP contribution in [-0.2, 0) is 6.42 Å². The number of hydrogen-bond acceptors (Lipinski definition) is 8. The molecule has 0 aliphatic rings. The van der Waals surface area contributed by atoms with Crippen LogP contribution in [0.2, 0.25) is 5.02 Å². The Bertz CT molecular complexity index is 1140. The number of aromatic nitrogens is 2. The number of nitro groups is 1. The van der Waals surface area contributed by atoms with E-state index in [1.165, 1.54) is 19.2 Å². The fourth-order valence-corrected chi connectivity index (χ4v) is 3.53. The molecule has 160 valence electrons. The van der Waals surface area contributed by atoms with Crippen LogP contribution in [0.25, 0.3) is 0 Å². The third-order valence-corrected chi connectivity index (χ3v) is 5.30. The first-order chi connectivity index (χ1) is 14.9. The predicted molar refractivity (Wildman–Crippen MR) is 115 cm³/mol. The van der Waals surface area contributed by atoms with Crippen LogP contribution in [0, 0.1) is 10.1 Å². The quantitative estimate of drug-likeness (QED) is 0.387. The number of carbonyl (C=O) groups is 2. The van der Waals surface area contributed by atoms with Crippen LogP contribution >= 0.6 is 22.9 Å². The van der Waals surface area contributed by atoms with E-state index >= 15 is 0 Å². The number of hydrogen-bond donors (Lipinski definition) is 2. The van der Waals surface area contributed by atoms with E-state index in [4.69, 9.17) is 16.3 Å². The van der Waals surface area contributed by atoms with Crippen LogP contribution in [0.3, 0.4) is 0 Å². The van der Waals surface area contributed by atoms with Crippen LogP contribution < -0.4 is 15.4 Å². The van der Waals surface area contributed by atoms with Crippen molar-refractivity contribution in [1.29, 1.82) is 0 Å². The van der Waals surface area contributed by atoms with Gasteiger partial charge in [0.1, 0.15) is 5.01 Å². The largest absolute Gasteiger partial charge is 0.490 e. The lowest BCUT2D eigenvalue weighted by Crippen LogP contribution is -2.25. The molecule has 10 nitrogen and oxygen atoms in total. The van der Waals surface area contributed by atoms with Crippen molar-refractivity contribution in [1.82, 2.24) is 15.5 Å². The first kappa shape index (κ1) is 22.1. The number of benzene rings is 2. The number of anilines is 1. The maximum atomic E-state index is 12.4. The lowest BCUT2D eigenvalue weighted by atomic mass is 10.2. The van der Waals surface area contributed by atoms with Crippen molar-refractivity contribution < 1.29 is 19.2 Å². The summed E-state index contributed by atoms with van der Waals surface area (Å²) in [5.74, 6) is -0.816. The van der Waals surface area contributed by atoms with Gasteiger partial charge in [0, 0.05) is 24.6 Å². The van der Waals surface area contributed by atoms with Crippen LogP contribution in [0.15, 0.2) is 42.5 Å². The Balaban J connectivity index is 1.57. The van der Waals surface area contributed by atoms with Crippen LogP contribution in [-0.4, -0.2) is 40.6 Å². The SMILES string of the molecule is COc1ccc(C(=O)Nc2nnc(CCNC(=O)c3ccccc3Cl)s2)cc1[N+](=O)[O-]. The molecule has 1 heterocycles. The third kappa shape index (κ3) is 5.53. The Labute approximate surface area is 185 Å². The molecule has 2 amide bonds. The van der Waals surface area contributed by atoms with Gasteiger partial charge in [0.15, 0.2) is 5.75 Å². The topological polar surface area (TPSA) is 136 Å². The molecule has 1 aromatic heterocycles. The van der Waals surface area contributed by atoms with E-state index in [9.17, 15) is 19.7 Å². The maximum Gasteiger partial charge on any atom is 0.311 e. The van der Waals surface area contributed by atoms with E-state index in [1.54, 1.807) is 24.3 Å². The fraction of sp³-hybridized carbons (Fsp3) is 0.158. The zero-order chi connectivity index (χ0) is 22.4. The molecule has 0 unspecified atom stereocenters. The minimum Gasteiger partial charge on any atom is -0.490 e. The number of nitrogens with zero attached hydrogens (tertiary/aromatic N) is 3. The van der Waals surface area contributed by atoms with Gasteiger partial charge in [0.05, 0.1) is 22.6 Å². The molecule has 0 radical (unpaired) electrons. The standard InChI is InChI=1S/C19H16ClN5O5S/c1-30-15-7-6-11(10-14(15)25(28)29)17(26)22-19-24-23-16(31-19)8-9-21-18(27)12-4-2-3-5-13(12)20/h2-7,10H,8-9H2,1H3,(H,21,27)(H,22,24,26). The molecular weight excluding hydrogens is 446 g/mol. The average Bonchev–Trinajstić information content (AvgIpc) is 3.20. The van der Waals surface area contributed by atoms with Gasteiger partial charge in [-0.1, -0.05) is 35.1 Å². The zero-order valence-electron chi connectivity index (χ0n) is 16.1. The van der Waals surface area contributed by atoms with Gasteiger partial charge in [-0.25, -0.2) is 0 Å². The first-order valence-corrected chi connectivity index (χ1v) is 10.1. The van der Waals surface area contributed by atoms with E-state index in [0.29, 0.717) is 28.6 Å². The summed E-state index contributed by atoms with van der Waals surface area (Å²) in [5, 5.41) is 25.5. The average molecular weight is 462 g/mol. The molecule has 3 aromatic rings. The van der Waals surface area contributed by atoms with E-state index in [-0.39, 0.29) is 28.0 Å². The molecule has 12 heteroatoms. The molecule has 0 saturated heterocycles. The molecule has 0 atom stereocenters. The van der Waals surface area contributed by atoms with Crippen molar-refractivity contribution in [3.63, 3.8) is 0 Å². The normalized spacial score (nSPS) is 10.4. The molecule has 0 aliphatic carbocycles. The highest BCUT2D eigenvalue weighted by atomic mass is 35.5. The van der Waals surface area contributed by atoms with Crippen molar-refractivity contribution >= 4 is 45.6 Å². The maximum absolute atomic E-state index is 12.4. The molecule has 0 fully saturated rings. The molecule has 31 heavy (non-hydrogen) atoms. The fourth-order valence-electron chi connectivity index (χ4n) is 2.57. The summed E-state index contributed by atoms with van der Waals surface area (Å²) >= 11 is 7.13. The molecule has 0 aliphatic heterocycles. The van der Waals surface area contributed by atoms with E-state index in [1.807, 2.05) is 0 Å². The second-order valence-corrected chi connectivity index (χ2v) is 7.55. The summed E-state index contributed by atoms with van der Waals surface area (Å²) < 4.78 is 4.92. The Morgan fingerprint density at radius 2 is 1.97 bits per heavy atom. The second-order valence-electron chi connectivity index (χ2n) is 6.08. The number of halogens is 1. The van der Waals surface area contributed by atoms with Gasteiger partial charge >= 0.3 is 5.69 Å². The Hall–Kier alpha value is -3.57. The summed E-state index contributed by atoms with van der Waals surface area (Å²) in [6, 6.07) is 10.6. The summed E-state index contributed by atoms with van der Waals surface area (Å²) in [4.78, 5) is 35.0. The molecule has 0 spiro atoms. The van der Waals surface area contributed by atoms with E-state index < -0.39 is 10.8 Å². The number of carbonyl (C=O) groups excluding carboxylic acids is 2. The van der Waals surface area contributed by atoms with Crippen molar-refractivity contribution in [2.45, 2.75) is 6.42 Å². The number of ether oxygens (including phenoxy) is 1. The van der Waals surface area contributed by atoms with Crippen molar-refractivity contribution in [3.8, 4) is 5.75 Å². The minimum absolute atomic E-state index is 0.0542. The number of amides is 2. The van der Waals surface area contributed by atoms with Gasteiger partial charge in [0.25, 0.3) is 11.8 Å². The monoisotopic (exact) mass is 461 g/mol. The smallest absolute Gasteiger partial charge is 0.311 e. The molecule has 0 saturated carbocycles. The van der Waals surface area contributed by atoms with Crippen LogP contribution in [0.4, 0.5) is 10.8 Å². The van der Waals surface area contributed by atoms with Gasteiger partial charge in [-0.2, -0.15) is 0 Å². The van der Waals surface area contributed by atoms with Gasteiger partial charge in [-0.15, -0.1) is 10.2 Å². The Kier molecular flexibility index (Phi) is 7.11. The van der Waals surface area contributed by atoms with Crippen molar-refractivity contribution in [2.75, 3.05) is 19.0 Å². The highest BCUT2D eigenvalue weighted by Gasteiger charge is 2.19. The lowest BCUT2D eigenvalue weighted by molar-refractivity contribution is -0.385. The molecular formula is C19H16ClN5O5S. The molecule has 0 bridgehead atoms. The molecule has 3 rings (SSSR count). The Morgan fingerprint density at radius 1 is 1.19 bits per heavy atom. The summed E-state index contributed by atoms with van der Waals surface area (Å²) in [5.41, 5.74) is 0.140. The second kappa shape index (κ2) is 9.96. The van der Waals surface area contributed by atoms with Gasteiger partial charge < -0.3 is 10.1 Å². The van der Waals surface area contributed by atoms with Crippen LogP contribution in [0.5, 0.6) is 5.75 Å². The first-order valence-electron chi connectivity index (χ1n) is 8.88. The minimum atomic E-state index is -0.629. The number of nitro benzene ring substituents is 1.